The van der Waals surface area contributed by atoms with Crippen LogP contribution in [0.15, 0.2) is 17.6 Å². The maximum Gasteiger partial charge on any atom is 0.162 e. The molecule has 6 nitrogen and oxygen atoms in total. The SMILES string of the molecule is C=CC(O)[C@@H]1O[C@@H]2SC(N(C)CC)=N[C@@H]2[C@@H](O)[C@@H]1O. The Balaban J connectivity index is 2.14. The lowest BCUT2D eigenvalue weighted by Crippen LogP contribution is -2.57. The minimum atomic E-state index is -1.18. The highest BCUT2D eigenvalue weighted by atomic mass is 32.2. The molecule has 2 heterocycles. The van der Waals surface area contributed by atoms with Gasteiger partial charge in [0.1, 0.15) is 35.9 Å². The Kier molecular flexibility index (Phi) is 4.52. The summed E-state index contributed by atoms with van der Waals surface area (Å²) in [7, 11) is 1.90. The van der Waals surface area contributed by atoms with Gasteiger partial charge >= 0.3 is 0 Å². The van der Waals surface area contributed by atoms with Gasteiger partial charge in [-0.3, -0.25) is 4.99 Å². The number of hydrogen-bond acceptors (Lipinski definition) is 7. The van der Waals surface area contributed by atoms with Crippen LogP contribution in [0.25, 0.3) is 0 Å². The summed E-state index contributed by atoms with van der Waals surface area (Å²) in [5.74, 6) is 0. The van der Waals surface area contributed by atoms with Crippen LogP contribution < -0.4 is 0 Å². The summed E-state index contributed by atoms with van der Waals surface area (Å²) in [6.45, 7) is 6.27. The standard InChI is InChI=1S/C12H20N2O4S/c1-4-6(15)10-9(17)8(16)7-11(18-10)19-12(13-7)14(3)5-2/h4,6-11,15-17H,1,5H2,2-3H3/t6?,7-,8-,9+,10+,11-/m1/s1. The second-order valence-corrected chi connectivity index (χ2v) is 5.78. The predicted octanol–water partition coefficient (Wildman–Crippen LogP) is -0.597. The largest absolute Gasteiger partial charge is 0.388 e. The molecular weight excluding hydrogens is 268 g/mol. The molecule has 0 saturated carbocycles. The van der Waals surface area contributed by atoms with E-state index in [1.54, 1.807) is 0 Å². The van der Waals surface area contributed by atoms with Gasteiger partial charge in [0.2, 0.25) is 0 Å². The van der Waals surface area contributed by atoms with E-state index in [1.807, 2.05) is 18.9 Å². The smallest absolute Gasteiger partial charge is 0.162 e. The molecule has 3 N–H and O–H groups in total. The normalized spacial score (nSPS) is 39.4. The van der Waals surface area contributed by atoms with Crippen LogP contribution in [0.5, 0.6) is 0 Å². The zero-order valence-electron chi connectivity index (χ0n) is 11.0. The first kappa shape index (κ1) is 14.8. The topological polar surface area (TPSA) is 85.5 Å². The number of nitrogens with zero attached hydrogens (tertiary/aromatic N) is 2. The number of thioether (sulfide) groups is 1. The molecular formula is C12H20N2O4S. The average molecular weight is 288 g/mol. The molecule has 19 heavy (non-hydrogen) atoms. The van der Waals surface area contributed by atoms with Gasteiger partial charge in [0.05, 0.1) is 0 Å². The van der Waals surface area contributed by atoms with Crippen LogP contribution in [0.3, 0.4) is 0 Å². The molecule has 2 rings (SSSR count). The second-order valence-electron chi connectivity index (χ2n) is 4.71. The molecule has 2 aliphatic rings. The second kappa shape index (κ2) is 5.80. The molecule has 6 atom stereocenters. The number of fused-ring (bicyclic) bond motifs is 1. The summed E-state index contributed by atoms with van der Waals surface area (Å²) in [5.41, 5.74) is -0.387. The van der Waals surface area contributed by atoms with E-state index in [-0.39, 0.29) is 5.44 Å². The molecule has 0 spiro atoms. The highest BCUT2D eigenvalue weighted by Gasteiger charge is 2.50. The maximum absolute atomic E-state index is 10.1. The molecule has 0 bridgehead atoms. The molecule has 7 heteroatoms. The Morgan fingerprint density at radius 3 is 2.79 bits per heavy atom. The molecule has 1 saturated heterocycles. The molecule has 0 aromatic carbocycles. The fourth-order valence-electron chi connectivity index (χ4n) is 2.11. The Morgan fingerprint density at radius 2 is 2.21 bits per heavy atom. The van der Waals surface area contributed by atoms with E-state index in [0.717, 1.165) is 11.7 Å². The summed E-state index contributed by atoms with van der Waals surface area (Å²) in [5, 5.41) is 30.6. The van der Waals surface area contributed by atoms with Crippen molar-refractivity contribution in [3.05, 3.63) is 12.7 Å². The van der Waals surface area contributed by atoms with Crippen molar-refractivity contribution < 1.29 is 20.1 Å². The molecule has 0 aliphatic carbocycles. The number of rotatable bonds is 3. The molecule has 0 amide bonds. The van der Waals surface area contributed by atoms with Crippen LogP contribution in [-0.4, -0.2) is 74.9 Å². The van der Waals surface area contributed by atoms with Gasteiger partial charge in [0, 0.05) is 13.6 Å². The van der Waals surface area contributed by atoms with Crippen LogP contribution in [0, 0.1) is 0 Å². The van der Waals surface area contributed by atoms with Gasteiger partial charge in [-0.25, -0.2) is 0 Å². The van der Waals surface area contributed by atoms with E-state index in [4.69, 9.17) is 4.74 Å². The lowest BCUT2D eigenvalue weighted by atomic mass is 9.95. The van der Waals surface area contributed by atoms with Crippen LogP contribution >= 0.6 is 11.8 Å². The fourth-order valence-corrected chi connectivity index (χ4v) is 3.35. The van der Waals surface area contributed by atoms with Crippen molar-refractivity contribution in [2.24, 2.45) is 4.99 Å². The summed E-state index contributed by atoms with van der Waals surface area (Å²) < 4.78 is 5.66. The van der Waals surface area contributed by atoms with Crippen LogP contribution in [0.2, 0.25) is 0 Å². The van der Waals surface area contributed by atoms with Gasteiger partial charge in [-0.2, -0.15) is 0 Å². The van der Waals surface area contributed by atoms with Crippen molar-refractivity contribution in [2.75, 3.05) is 13.6 Å². The third-order valence-electron chi connectivity index (χ3n) is 3.47. The summed E-state index contributed by atoms with van der Waals surface area (Å²) in [6.07, 6.45) is -2.82. The fraction of sp³-hybridized carbons (Fsp3) is 0.750. The number of ether oxygens (including phenoxy) is 1. The lowest BCUT2D eigenvalue weighted by molar-refractivity contribution is -0.176. The molecule has 1 fully saturated rings. The minimum Gasteiger partial charge on any atom is -0.388 e. The first-order chi connectivity index (χ1) is 8.99. The van der Waals surface area contributed by atoms with Gasteiger partial charge < -0.3 is 25.0 Å². The number of aliphatic hydroxyl groups excluding tert-OH is 3. The predicted molar refractivity (Wildman–Crippen MR) is 74.0 cm³/mol. The van der Waals surface area contributed by atoms with Crippen molar-refractivity contribution >= 4 is 16.9 Å². The lowest BCUT2D eigenvalue weighted by Gasteiger charge is -2.39. The van der Waals surface area contributed by atoms with E-state index in [2.05, 4.69) is 11.6 Å². The monoisotopic (exact) mass is 288 g/mol. The number of amidine groups is 1. The van der Waals surface area contributed by atoms with Crippen molar-refractivity contribution in [1.29, 1.82) is 0 Å². The number of aliphatic imine (C=N–C) groups is 1. The molecule has 1 unspecified atom stereocenters. The highest BCUT2D eigenvalue weighted by Crippen LogP contribution is 2.37. The summed E-state index contributed by atoms with van der Waals surface area (Å²) in [6, 6.07) is -0.503. The molecule has 0 aromatic heterocycles. The van der Waals surface area contributed by atoms with E-state index >= 15 is 0 Å². The maximum atomic E-state index is 10.1. The third-order valence-corrected chi connectivity index (χ3v) is 4.72. The van der Waals surface area contributed by atoms with Crippen molar-refractivity contribution in [1.82, 2.24) is 4.90 Å². The summed E-state index contributed by atoms with van der Waals surface area (Å²) >= 11 is 1.40. The molecule has 108 valence electrons. The van der Waals surface area contributed by atoms with E-state index in [1.165, 1.54) is 17.8 Å². The van der Waals surface area contributed by atoms with Gasteiger partial charge in [0.25, 0.3) is 0 Å². The van der Waals surface area contributed by atoms with Gasteiger partial charge in [0.15, 0.2) is 5.17 Å². The molecule has 0 aromatic rings. The zero-order valence-corrected chi connectivity index (χ0v) is 11.8. The quantitative estimate of drug-likeness (QED) is 0.602. The highest BCUT2D eigenvalue weighted by molar-refractivity contribution is 8.14. The van der Waals surface area contributed by atoms with Crippen molar-refractivity contribution in [3.8, 4) is 0 Å². The van der Waals surface area contributed by atoms with Gasteiger partial charge in [-0.1, -0.05) is 17.8 Å². The zero-order chi connectivity index (χ0) is 14.2. The first-order valence-corrected chi connectivity index (χ1v) is 7.15. The van der Waals surface area contributed by atoms with Crippen molar-refractivity contribution in [2.45, 2.75) is 42.8 Å². The molecule has 2 aliphatic heterocycles. The summed E-state index contributed by atoms with van der Waals surface area (Å²) in [4.78, 5) is 6.34. The minimum absolute atomic E-state index is 0.387. The first-order valence-electron chi connectivity index (χ1n) is 6.27. The van der Waals surface area contributed by atoms with Crippen LogP contribution in [-0.2, 0) is 4.74 Å². The van der Waals surface area contributed by atoms with E-state index in [0.29, 0.717) is 0 Å². The number of hydrogen-bond donors (Lipinski definition) is 3. The van der Waals surface area contributed by atoms with Gasteiger partial charge in [-0.15, -0.1) is 6.58 Å². The van der Waals surface area contributed by atoms with Gasteiger partial charge in [-0.05, 0) is 6.92 Å². The third kappa shape index (κ3) is 2.66. The Hall–Kier alpha value is -0.600. The van der Waals surface area contributed by atoms with Crippen molar-refractivity contribution in [3.63, 3.8) is 0 Å². The van der Waals surface area contributed by atoms with Crippen LogP contribution in [0.1, 0.15) is 6.92 Å². The van der Waals surface area contributed by atoms with E-state index < -0.39 is 30.5 Å². The molecule has 0 radical (unpaired) electrons. The Morgan fingerprint density at radius 1 is 1.53 bits per heavy atom. The van der Waals surface area contributed by atoms with Crippen LogP contribution in [0.4, 0.5) is 0 Å². The Bertz CT molecular complexity index is 379. The average Bonchev–Trinajstić information content (AvgIpc) is 2.85. The number of aliphatic hydroxyl groups is 3. The Labute approximate surface area is 116 Å². The van der Waals surface area contributed by atoms with E-state index in [9.17, 15) is 15.3 Å².